The summed E-state index contributed by atoms with van der Waals surface area (Å²) in [6.45, 7) is 8.26. The topological polar surface area (TPSA) is 45.2 Å². The lowest BCUT2D eigenvalue weighted by atomic mass is 10.1. The quantitative estimate of drug-likeness (QED) is 0.804. The molecule has 2 N–H and O–H groups in total. The first-order chi connectivity index (χ1) is 6.38. The molecule has 0 aliphatic carbocycles. The van der Waals surface area contributed by atoms with Gasteiger partial charge in [-0.05, 0) is 27.7 Å². The van der Waals surface area contributed by atoms with Gasteiger partial charge in [-0.1, -0.05) is 0 Å². The summed E-state index contributed by atoms with van der Waals surface area (Å²) in [7, 11) is 0. The van der Waals surface area contributed by atoms with Crippen molar-refractivity contribution in [3.05, 3.63) is 16.1 Å². The zero-order valence-electron chi connectivity index (χ0n) is 9.16. The van der Waals surface area contributed by atoms with E-state index < -0.39 is 5.60 Å². The van der Waals surface area contributed by atoms with Gasteiger partial charge in [-0.2, -0.15) is 0 Å². The highest BCUT2D eigenvalue weighted by molar-refractivity contribution is 7.11. The third-order valence-corrected chi connectivity index (χ3v) is 3.00. The summed E-state index contributed by atoms with van der Waals surface area (Å²) in [5.41, 5.74) is -0.659. The SMILES string of the molecule is Cc1ncc(C(C)NCC(C)(C)O)s1. The third-order valence-electron chi connectivity index (χ3n) is 1.91. The van der Waals surface area contributed by atoms with Crippen molar-refractivity contribution in [2.24, 2.45) is 0 Å². The smallest absolute Gasteiger partial charge is 0.0897 e. The summed E-state index contributed by atoms with van der Waals surface area (Å²) in [6, 6.07) is 0.257. The molecule has 0 aliphatic rings. The van der Waals surface area contributed by atoms with Crippen LogP contribution in [0.4, 0.5) is 0 Å². The number of aromatic nitrogens is 1. The van der Waals surface area contributed by atoms with Gasteiger partial charge in [0.2, 0.25) is 0 Å². The van der Waals surface area contributed by atoms with Gasteiger partial charge in [-0.25, -0.2) is 4.98 Å². The fraction of sp³-hybridized carbons (Fsp3) is 0.700. The normalized spacial score (nSPS) is 14.4. The zero-order valence-corrected chi connectivity index (χ0v) is 9.98. The summed E-state index contributed by atoms with van der Waals surface area (Å²) in [5, 5.41) is 13.9. The van der Waals surface area contributed by atoms with Crippen LogP contribution in [-0.4, -0.2) is 22.2 Å². The summed E-state index contributed by atoms with van der Waals surface area (Å²) >= 11 is 1.69. The van der Waals surface area contributed by atoms with Crippen molar-refractivity contribution >= 4 is 11.3 Å². The first kappa shape index (κ1) is 11.6. The summed E-state index contributed by atoms with van der Waals surface area (Å²) in [6.07, 6.45) is 1.89. The molecule has 0 amide bonds. The molecule has 1 rings (SSSR count). The van der Waals surface area contributed by atoms with E-state index in [2.05, 4.69) is 17.2 Å². The molecular formula is C10H18N2OS. The van der Waals surface area contributed by atoms with Crippen LogP contribution in [-0.2, 0) is 0 Å². The molecule has 0 aromatic carbocycles. The lowest BCUT2D eigenvalue weighted by Gasteiger charge is -2.20. The number of aliphatic hydroxyl groups is 1. The molecule has 0 spiro atoms. The van der Waals surface area contributed by atoms with Crippen molar-refractivity contribution < 1.29 is 5.11 Å². The second-order valence-electron chi connectivity index (χ2n) is 4.20. The first-order valence-corrected chi connectivity index (χ1v) is 5.58. The van der Waals surface area contributed by atoms with E-state index in [9.17, 15) is 5.11 Å². The predicted octanol–water partition coefficient (Wildman–Crippen LogP) is 1.87. The fourth-order valence-corrected chi connectivity index (χ4v) is 1.89. The van der Waals surface area contributed by atoms with Gasteiger partial charge >= 0.3 is 0 Å². The Morgan fingerprint density at radius 2 is 2.29 bits per heavy atom. The van der Waals surface area contributed by atoms with Gasteiger partial charge in [0.05, 0.1) is 10.6 Å². The number of aryl methyl sites for hydroxylation is 1. The molecule has 0 aliphatic heterocycles. The third kappa shape index (κ3) is 3.74. The van der Waals surface area contributed by atoms with Crippen molar-refractivity contribution in [1.29, 1.82) is 0 Å². The Morgan fingerprint density at radius 3 is 2.71 bits per heavy atom. The predicted molar refractivity (Wildman–Crippen MR) is 59.6 cm³/mol. The van der Waals surface area contributed by atoms with Crippen LogP contribution in [0.25, 0.3) is 0 Å². The van der Waals surface area contributed by atoms with Crippen LogP contribution in [0.15, 0.2) is 6.20 Å². The number of rotatable bonds is 4. The van der Waals surface area contributed by atoms with E-state index in [4.69, 9.17) is 0 Å². The van der Waals surface area contributed by atoms with Crippen LogP contribution >= 0.6 is 11.3 Å². The minimum atomic E-state index is -0.659. The second kappa shape index (κ2) is 4.38. The molecule has 4 heteroatoms. The maximum Gasteiger partial charge on any atom is 0.0897 e. The lowest BCUT2D eigenvalue weighted by Crippen LogP contribution is -2.35. The van der Waals surface area contributed by atoms with Gasteiger partial charge in [0.1, 0.15) is 0 Å². The van der Waals surface area contributed by atoms with Gasteiger partial charge in [0.15, 0.2) is 0 Å². The fourth-order valence-electron chi connectivity index (χ4n) is 1.08. The number of nitrogens with one attached hydrogen (secondary N) is 1. The summed E-state index contributed by atoms with van der Waals surface area (Å²) in [4.78, 5) is 5.41. The van der Waals surface area contributed by atoms with E-state index in [-0.39, 0.29) is 6.04 Å². The Balaban J connectivity index is 2.47. The van der Waals surface area contributed by atoms with Gasteiger partial charge < -0.3 is 10.4 Å². The van der Waals surface area contributed by atoms with Crippen molar-refractivity contribution in [3.8, 4) is 0 Å². The van der Waals surface area contributed by atoms with Crippen LogP contribution < -0.4 is 5.32 Å². The molecular weight excluding hydrogens is 196 g/mol. The van der Waals surface area contributed by atoms with Crippen molar-refractivity contribution in [1.82, 2.24) is 10.3 Å². The molecule has 0 saturated heterocycles. The average Bonchev–Trinajstić information content (AvgIpc) is 2.46. The number of nitrogens with zero attached hydrogens (tertiary/aromatic N) is 1. The van der Waals surface area contributed by atoms with Crippen molar-refractivity contribution in [3.63, 3.8) is 0 Å². The zero-order chi connectivity index (χ0) is 10.8. The molecule has 0 radical (unpaired) electrons. The number of thiazole rings is 1. The number of hydrogen-bond acceptors (Lipinski definition) is 4. The molecule has 14 heavy (non-hydrogen) atoms. The van der Waals surface area contributed by atoms with Gasteiger partial charge in [0, 0.05) is 23.7 Å². The largest absolute Gasteiger partial charge is 0.389 e. The molecule has 1 aromatic heterocycles. The maximum atomic E-state index is 9.54. The molecule has 0 bridgehead atoms. The van der Waals surface area contributed by atoms with Crippen LogP contribution in [0.3, 0.4) is 0 Å². The Hall–Kier alpha value is -0.450. The monoisotopic (exact) mass is 214 g/mol. The molecule has 80 valence electrons. The molecule has 1 heterocycles. The summed E-state index contributed by atoms with van der Waals surface area (Å²) < 4.78 is 0. The van der Waals surface area contributed by atoms with Crippen LogP contribution in [0.2, 0.25) is 0 Å². The van der Waals surface area contributed by atoms with Crippen molar-refractivity contribution in [2.75, 3.05) is 6.54 Å². The van der Waals surface area contributed by atoms with E-state index in [1.165, 1.54) is 4.88 Å². The van der Waals surface area contributed by atoms with Crippen LogP contribution in [0.5, 0.6) is 0 Å². The minimum Gasteiger partial charge on any atom is -0.389 e. The average molecular weight is 214 g/mol. The molecule has 1 aromatic rings. The van der Waals surface area contributed by atoms with Gasteiger partial charge in [0.25, 0.3) is 0 Å². The van der Waals surface area contributed by atoms with Crippen LogP contribution in [0, 0.1) is 6.92 Å². The Morgan fingerprint density at radius 1 is 1.64 bits per heavy atom. The highest BCUT2D eigenvalue weighted by Gasteiger charge is 2.15. The molecule has 1 unspecified atom stereocenters. The molecule has 1 atom stereocenters. The van der Waals surface area contributed by atoms with E-state index in [0.717, 1.165) is 5.01 Å². The molecule has 3 nitrogen and oxygen atoms in total. The standard InChI is InChI=1S/C10H18N2OS/c1-7(12-6-10(3,4)13)9-5-11-8(2)14-9/h5,7,12-13H,6H2,1-4H3. The summed E-state index contributed by atoms with van der Waals surface area (Å²) in [5.74, 6) is 0. The van der Waals surface area contributed by atoms with Gasteiger partial charge in [-0.15, -0.1) is 11.3 Å². The maximum absolute atomic E-state index is 9.54. The highest BCUT2D eigenvalue weighted by Crippen LogP contribution is 2.20. The van der Waals surface area contributed by atoms with E-state index >= 15 is 0 Å². The van der Waals surface area contributed by atoms with E-state index in [0.29, 0.717) is 6.54 Å². The first-order valence-electron chi connectivity index (χ1n) is 4.76. The minimum absolute atomic E-state index is 0.257. The molecule has 0 fully saturated rings. The van der Waals surface area contributed by atoms with Crippen molar-refractivity contribution in [2.45, 2.75) is 39.3 Å². The second-order valence-corrected chi connectivity index (χ2v) is 5.46. The Labute approximate surface area is 89.2 Å². The lowest BCUT2D eigenvalue weighted by molar-refractivity contribution is 0.0771. The van der Waals surface area contributed by atoms with E-state index in [1.54, 1.807) is 25.2 Å². The highest BCUT2D eigenvalue weighted by atomic mass is 32.1. The van der Waals surface area contributed by atoms with Crippen LogP contribution in [0.1, 0.15) is 36.7 Å². The van der Waals surface area contributed by atoms with Gasteiger partial charge in [-0.3, -0.25) is 0 Å². The Kier molecular flexibility index (Phi) is 3.64. The number of hydrogen-bond donors (Lipinski definition) is 2. The molecule has 0 saturated carbocycles. The Bertz CT molecular complexity index is 291. The van der Waals surface area contributed by atoms with E-state index in [1.807, 2.05) is 13.1 Å².